The van der Waals surface area contributed by atoms with Gasteiger partial charge in [0.25, 0.3) is 0 Å². The van der Waals surface area contributed by atoms with Gasteiger partial charge in [-0.15, -0.1) is 0 Å². The highest BCUT2D eigenvalue weighted by molar-refractivity contribution is 5.85. The van der Waals surface area contributed by atoms with Crippen LogP contribution in [-0.2, 0) is 43.5 Å². The molecule has 0 radical (unpaired) electrons. The van der Waals surface area contributed by atoms with Gasteiger partial charge in [0.1, 0.15) is 6.61 Å². The number of hydrogen-bond donors (Lipinski definition) is 6. The molecule has 0 aromatic carbocycles. The van der Waals surface area contributed by atoms with E-state index in [9.17, 15) is 50.9 Å². The quantitative estimate of drug-likeness (QED) is 0.0537. The van der Waals surface area contributed by atoms with E-state index in [4.69, 9.17) is 29.9 Å². The minimum absolute atomic E-state index is 0.0337. The van der Waals surface area contributed by atoms with Gasteiger partial charge in [0.05, 0.1) is 56.4 Å². The zero-order valence-corrected chi connectivity index (χ0v) is 30.9. The van der Waals surface area contributed by atoms with Crippen molar-refractivity contribution in [1.82, 2.24) is 10.8 Å². The van der Waals surface area contributed by atoms with Gasteiger partial charge >= 0.3 is 24.3 Å². The Balaban J connectivity index is 1.21. The van der Waals surface area contributed by atoms with Crippen molar-refractivity contribution in [2.45, 2.75) is 127 Å². The van der Waals surface area contributed by atoms with Crippen molar-refractivity contribution < 1.29 is 90.6 Å². The van der Waals surface area contributed by atoms with Crippen molar-refractivity contribution in [3.63, 3.8) is 0 Å². The van der Waals surface area contributed by atoms with Gasteiger partial charge in [-0.1, -0.05) is 0 Å². The second kappa shape index (κ2) is 21.1. The van der Waals surface area contributed by atoms with E-state index in [2.05, 4.69) is 20.6 Å². The van der Waals surface area contributed by atoms with E-state index in [1.165, 1.54) is 0 Å². The molecule has 4 aliphatic carbocycles. The Labute approximate surface area is 319 Å². The molecule has 21 heteroatoms. The summed E-state index contributed by atoms with van der Waals surface area (Å²) in [6.07, 6.45) is -9.51. The maximum atomic E-state index is 14.3. The van der Waals surface area contributed by atoms with Crippen LogP contribution in [0.4, 0.5) is 26.3 Å². The van der Waals surface area contributed by atoms with Gasteiger partial charge in [0.15, 0.2) is 0 Å². The standard InChI is InChI=1S/C35H54F6N2O13/c36-34(37,38)33(35(39,40)41,18-51-26-8-4-24(5-9-26)42-30(44)29-13-20(15-53-49)1-12-28(29)32(47)48)19-55-56-27-10-6-25(7-11-27)43-52-16-23-14-21(31(45)46)2-3-22(23)17-54-50/h20-29,43,49-50H,1-19H2,(H,42,44)(H,45,46)(H,47,48). The van der Waals surface area contributed by atoms with Crippen molar-refractivity contribution in [3.05, 3.63) is 0 Å². The molecule has 1 amide bonds. The minimum atomic E-state index is -5.82. The molecule has 0 aliphatic heterocycles. The van der Waals surface area contributed by atoms with Crippen molar-refractivity contribution in [1.29, 1.82) is 0 Å². The third kappa shape index (κ3) is 12.6. The highest BCUT2D eigenvalue weighted by atomic mass is 19.4. The fraction of sp³-hybridized carbons (Fsp3) is 0.914. The van der Waals surface area contributed by atoms with Crippen LogP contribution in [-0.4, -0.2) is 108 Å². The molecular formula is C35H54F6N2O13. The first-order valence-electron chi connectivity index (χ1n) is 19.2. The molecule has 0 aromatic rings. The fourth-order valence-electron chi connectivity index (χ4n) is 8.42. The summed E-state index contributed by atoms with van der Waals surface area (Å²) in [7, 11) is 0. The first-order valence-corrected chi connectivity index (χ1v) is 19.2. The summed E-state index contributed by atoms with van der Waals surface area (Å²) < 4.78 is 90.8. The Kier molecular flexibility index (Phi) is 17.4. The second-order valence-electron chi connectivity index (χ2n) is 15.8. The highest BCUT2D eigenvalue weighted by Gasteiger charge is 2.71. The first kappa shape index (κ1) is 46.3. The molecule has 4 rings (SSSR count). The van der Waals surface area contributed by atoms with Crippen LogP contribution in [0, 0.1) is 40.9 Å². The van der Waals surface area contributed by atoms with Crippen LogP contribution >= 0.6 is 0 Å². The van der Waals surface area contributed by atoms with E-state index in [-0.39, 0.29) is 95.0 Å². The predicted molar refractivity (Wildman–Crippen MR) is 178 cm³/mol. The molecule has 0 saturated heterocycles. The van der Waals surface area contributed by atoms with Crippen LogP contribution in [0.15, 0.2) is 0 Å². The number of nitrogens with one attached hydrogen (secondary N) is 2. The molecule has 56 heavy (non-hydrogen) atoms. The highest BCUT2D eigenvalue weighted by Crippen LogP contribution is 2.51. The van der Waals surface area contributed by atoms with Gasteiger partial charge in [-0.25, -0.2) is 19.6 Å². The van der Waals surface area contributed by atoms with Gasteiger partial charge in [-0.3, -0.25) is 24.9 Å². The molecule has 0 heterocycles. The monoisotopic (exact) mass is 824 g/mol. The molecule has 324 valence electrons. The number of alkyl halides is 6. The summed E-state index contributed by atoms with van der Waals surface area (Å²) in [6.45, 7) is -3.54. The average molecular weight is 825 g/mol. The summed E-state index contributed by atoms with van der Waals surface area (Å²) in [5.74, 6) is -5.49. The van der Waals surface area contributed by atoms with Crippen molar-refractivity contribution in [2.75, 3.05) is 33.0 Å². The summed E-state index contributed by atoms with van der Waals surface area (Å²) in [4.78, 5) is 60.1. The zero-order valence-electron chi connectivity index (χ0n) is 30.9. The lowest BCUT2D eigenvalue weighted by atomic mass is 9.73. The van der Waals surface area contributed by atoms with Crippen LogP contribution in [0.25, 0.3) is 0 Å². The van der Waals surface area contributed by atoms with Gasteiger partial charge in [-0.2, -0.15) is 31.8 Å². The van der Waals surface area contributed by atoms with E-state index < -0.39 is 84.8 Å². The number of halogens is 6. The van der Waals surface area contributed by atoms with Crippen molar-refractivity contribution in [3.8, 4) is 0 Å². The van der Waals surface area contributed by atoms with Crippen molar-refractivity contribution >= 4 is 17.8 Å². The van der Waals surface area contributed by atoms with Crippen LogP contribution in [0.3, 0.4) is 0 Å². The van der Waals surface area contributed by atoms with E-state index in [0.29, 0.717) is 38.5 Å². The number of carbonyl (C=O) groups excluding carboxylic acids is 1. The number of hydrogen-bond acceptors (Lipinski definition) is 12. The number of rotatable bonds is 19. The molecular weight excluding hydrogens is 770 g/mol. The lowest BCUT2D eigenvalue weighted by Gasteiger charge is -2.39. The number of aliphatic carboxylic acids is 2. The van der Waals surface area contributed by atoms with Crippen molar-refractivity contribution in [2.24, 2.45) is 40.9 Å². The SMILES string of the molecule is O=C(O)C1CCC(COO)C(CONC2CCC(OOCC(COC3CCC(NC(=O)C4CC(COO)CCC4C(=O)O)CC3)(C(F)(F)F)C(F)(F)F)CC2)C1. The topological polar surface area (TPSA) is 212 Å². The Morgan fingerprint density at radius 3 is 1.84 bits per heavy atom. The molecule has 4 fully saturated rings. The molecule has 6 atom stereocenters. The van der Waals surface area contributed by atoms with Crippen LogP contribution in [0.2, 0.25) is 0 Å². The second-order valence-corrected chi connectivity index (χ2v) is 15.8. The lowest BCUT2D eigenvalue weighted by Crippen LogP contribution is -2.57. The molecule has 15 nitrogen and oxygen atoms in total. The number of carbonyl (C=O) groups is 3. The van der Waals surface area contributed by atoms with Crippen LogP contribution < -0.4 is 10.8 Å². The molecule has 0 bridgehead atoms. The smallest absolute Gasteiger partial charge is 0.407 e. The van der Waals surface area contributed by atoms with Gasteiger partial charge < -0.3 is 25.1 Å². The number of hydroxylamine groups is 1. The minimum Gasteiger partial charge on any atom is -0.481 e. The molecule has 0 aromatic heterocycles. The third-order valence-corrected chi connectivity index (χ3v) is 12.1. The summed E-state index contributed by atoms with van der Waals surface area (Å²) in [6, 6.07) is -0.701. The fourth-order valence-corrected chi connectivity index (χ4v) is 8.42. The largest absolute Gasteiger partial charge is 0.481 e. The molecule has 4 aliphatic rings. The Morgan fingerprint density at radius 2 is 1.25 bits per heavy atom. The first-order chi connectivity index (χ1) is 26.5. The Hall–Kier alpha value is -2.37. The maximum absolute atomic E-state index is 14.3. The molecule has 6 unspecified atom stereocenters. The average Bonchev–Trinajstić information content (AvgIpc) is 3.13. The number of carboxylic acid groups (broad SMARTS) is 2. The zero-order chi connectivity index (χ0) is 41.1. The molecule has 4 saturated carbocycles. The van der Waals surface area contributed by atoms with E-state index in [0.717, 1.165) is 0 Å². The normalized spacial score (nSPS) is 32.1. The number of ether oxygens (including phenoxy) is 1. The number of carboxylic acids is 2. The number of amides is 1. The predicted octanol–water partition coefficient (Wildman–Crippen LogP) is 5.54. The van der Waals surface area contributed by atoms with E-state index in [1.807, 2.05) is 0 Å². The van der Waals surface area contributed by atoms with Gasteiger partial charge in [0.2, 0.25) is 11.3 Å². The van der Waals surface area contributed by atoms with E-state index >= 15 is 0 Å². The van der Waals surface area contributed by atoms with Gasteiger partial charge in [0, 0.05) is 12.1 Å². The Morgan fingerprint density at radius 1 is 0.625 bits per heavy atom. The van der Waals surface area contributed by atoms with Gasteiger partial charge in [-0.05, 0) is 108 Å². The Bertz CT molecular complexity index is 1230. The van der Waals surface area contributed by atoms with Crippen LogP contribution in [0.1, 0.15) is 89.9 Å². The summed E-state index contributed by atoms with van der Waals surface area (Å²) in [5.41, 5.74) is -1.50. The lowest BCUT2D eigenvalue weighted by molar-refractivity contribution is -0.415. The summed E-state index contributed by atoms with van der Waals surface area (Å²) in [5, 5.41) is 39.4. The molecule has 0 spiro atoms. The molecule has 6 N–H and O–H groups in total. The summed E-state index contributed by atoms with van der Waals surface area (Å²) >= 11 is 0. The maximum Gasteiger partial charge on any atom is 0.407 e. The third-order valence-electron chi connectivity index (χ3n) is 12.1. The van der Waals surface area contributed by atoms with Crippen LogP contribution in [0.5, 0.6) is 0 Å². The van der Waals surface area contributed by atoms with E-state index in [1.54, 1.807) is 0 Å².